The minimum atomic E-state index is -4.43. The Morgan fingerprint density at radius 3 is 2.08 bits per heavy atom. The Labute approximate surface area is 150 Å². The molecule has 24 heavy (non-hydrogen) atoms. The zero-order valence-corrected chi connectivity index (χ0v) is 14.0. The predicted molar refractivity (Wildman–Crippen MR) is 87.0 cm³/mol. The lowest BCUT2D eigenvalue weighted by Gasteiger charge is -2.11. The number of carbonyl (C=O) groups excluding carboxylic acids is 1. The molecule has 2 aromatic carbocycles. The summed E-state index contributed by atoms with van der Waals surface area (Å²) >= 11 is 17.6. The number of hydrogen-bond acceptors (Lipinski definition) is 2. The summed E-state index contributed by atoms with van der Waals surface area (Å²) in [5.74, 6) is -0.465. The number of nitrogens with one attached hydrogen (secondary N) is 1. The first-order valence-electron chi connectivity index (χ1n) is 6.41. The molecule has 9 heteroatoms. The lowest BCUT2D eigenvalue weighted by molar-refractivity contribution is -0.137. The van der Waals surface area contributed by atoms with Crippen molar-refractivity contribution < 1.29 is 22.7 Å². The molecule has 1 N–H and O–H groups in total. The Kier molecular flexibility index (Phi) is 5.85. The summed E-state index contributed by atoms with van der Waals surface area (Å²) in [5, 5.41) is 3.05. The van der Waals surface area contributed by atoms with Crippen molar-refractivity contribution in [3.63, 3.8) is 0 Å². The zero-order chi connectivity index (χ0) is 17.9. The molecular weight excluding hydrogens is 390 g/mol. The standard InChI is InChI=1S/C15H9Cl3F3NO2/c16-9-5-11(17)14(12(18)6-9)22-13(23)7-24-10-3-1-8(2-4-10)15(19,20)21/h1-6H,7H2,(H,22,23). The van der Waals surface area contributed by atoms with Crippen LogP contribution in [0.3, 0.4) is 0 Å². The van der Waals surface area contributed by atoms with Crippen LogP contribution in [-0.2, 0) is 11.0 Å². The average molecular weight is 399 g/mol. The molecule has 3 nitrogen and oxygen atoms in total. The van der Waals surface area contributed by atoms with Gasteiger partial charge in [0.25, 0.3) is 5.91 Å². The zero-order valence-electron chi connectivity index (χ0n) is 11.8. The highest BCUT2D eigenvalue weighted by Crippen LogP contribution is 2.33. The van der Waals surface area contributed by atoms with E-state index in [2.05, 4.69) is 5.32 Å². The second-order valence-corrected chi connectivity index (χ2v) is 5.85. The fourth-order valence-electron chi connectivity index (χ4n) is 1.73. The molecule has 0 spiro atoms. The van der Waals surface area contributed by atoms with Gasteiger partial charge in [0.2, 0.25) is 0 Å². The number of benzene rings is 2. The van der Waals surface area contributed by atoms with E-state index >= 15 is 0 Å². The van der Waals surface area contributed by atoms with Crippen LogP contribution in [0.15, 0.2) is 36.4 Å². The third-order valence-corrected chi connectivity index (χ3v) is 3.64. The van der Waals surface area contributed by atoms with Crippen molar-refractivity contribution in [2.75, 3.05) is 11.9 Å². The number of halogens is 6. The van der Waals surface area contributed by atoms with E-state index in [1.807, 2.05) is 0 Å². The highest BCUT2D eigenvalue weighted by atomic mass is 35.5. The van der Waals surface area contributed by atoms with Crippen LogP contribution in [0.5, 0.6) is 5.75 Å². The van der Waals surface area contributed by atoms with Gasteiger partial charge in [0, 0.05) is 5.02 Å². The van der Waals surface area contributed by atoms with Crippen LogP contribution in [0.4, 0.5) is 18.9 Å². The number of ether oxygens (including phenoxy) is 1. The van der Waals surface area contributed by atoms with Gasteiger partial charge in [-0.25, -0.2) is 0 Å². The first kappa shape index (κ1) is 18.7. The quantitative estimate of drug-likeness (QED) is 0.719. The van der Waals surface area contributed by atoms with Gasteiger partial charge in [0.15, 0.2) is 6.61 Å². The summed E-state index contributed by atoms with van der Waals surface area (Å²) in [6, 6.07) is 6.78. The molecular formula is C15H9Cl3F3NO2. The van der Waals surface area contributed by atoms with Crippen molar-refractivity contribution in [1.29, 1.82) is 0 Å². The first-order valence-corrected chi connectivity index (χ1v) is 7.54. The molecule has 0 aliphatic heterocycles. The maximum Gasteiger partial charge on any atom is 0.416 e. The van der Waals surface area contributed by atoms with Crippen molar-refractivity contribution in [2.24, 2.45) is 0 Å². The van der Waals surface area contributed by atoms with Gasteiger partial charge in [0.05, 0.1) is 21.3 Å². The number of carbonyl (C=O) groups is 1. The van der Waals surface area contributed by atoms with Crippen molar-refractivity contribution in [3.8, 4) is 5.75 Å². The van der Waals surface area contributed by atoms with E-state index in [-0.39, 0.29) is 21.5 Å². The van der Waals surface area contributed by atoms with Crippen LogP contribution in [-0.4, -0.2) is 12.5 Å². The van der Waals surface area contributed by atoms with Gasteiger partial charge in [0.1, 0.15) is 5.75 Å². The maximum atomic E-state index is 12.4. The third-order valence-electron chi connectivity index (χ3n) is 2.82. The van der Waals surface area contributed by atoms with Crippen molar-refractivity contribution in [2.45, 2.75) is 6.18 Å². The predicted octanol–water partition coefficient (Wildman–Crippen LogP) is 5.68. The van der Waals surface area contributed by atoms with E-state index in [0.29, 0.717) is 5.02 Å². The summed E-state index contributed by atoms with van der Waals surface area (Å²) in [6.07, 6.45) is -4.43. The van der Waals surface area contributed by atoms with E-state index in [0.717, 1.165) is 24.3 Å². The monoisotopic (exact) mass is 397 g/mol. The second kappa shape index (κ2) is 7.51. The highest BCUT2D eigenvalue weighted by molar-refractivity contribution is 6.42. The van der Waals surface area contributed by atoms with Crippen molar-refractivity contribution in [3.05, 3.63) is 57.0 Å². The van der Waals surface area contributed by atoms with Crippen LogP contribution >= 0.6 is 34.8 Å². The van der Waals surface area contributed by atoms with Gasteiger partial charge in [-0.3, -0.25) is 4.79 Å². The number of hydrogen-bond donors (Lipinski definition) is 1. The van der Waals surface area contributed by atoms with Gasteiger partial charge in [-0.2, -0.15) is 13.2 Å². The molecule has 0 fully saturated rings. The Bertz CT molecular complexity index is 726. The lowest BCUT2D eigenvalue weighted by atomic mass is 10.2. The number of anilines is 1. The van der Waals surface area contributed by atoms with Crippen molar-refractivity contribution in [1.82, 2.24) is 0 Å². The molecule has 0 aromatic heterocycles. The topological polar surface area (TPSA) is 38.3 Å². The summed E-state index contributed by atoms with van der Waals surface area (Å²) < 4.78 is 42.4. The Morgan fingerprint density at radius 2 is 1.58 bits per heavy atom. The lowest BCUT2D eigenvalue weighted by Crippen LogP contribution is -2.20. The first-order chi connectivity index (χ1) is 11.2. The molecule has 1 amide bonds. The van der Waals surface area contributed by atoms with Gasteiger partial charge in [-0.05, 0) is 36.4 Å². The third kappa shape index (κ3) is 4.93. The van der Waals surface area contributed by atoms with Gasteiger partial charge >= 0.3 is 6.18 Å². The van der Waals surface area contributed by atoms with E-state index in [1.54, 1.807) is 0 Å². The van der Waals surface area contributed by atoms with Gasteiger partial charge in [-0.1, -0.05) is 34.8 Å². The number of alkyl halides is 3. The molecule has 0 aliphatic rings. The van der Waals surface area contributed by atoms with E-state index in [9.17, 15) is 18.0 Å². The van der Waals surface area contributed by atoms with Crippen LogP contribution < -0.4 is 10.1 Å². The minimum absolute atomic E-state index is 0.117. The normalized spacial score (nSPS) is 11.2. The maximum absolute atomic E-state index is 12.4. The molecule has 128 valence electrons. The molecule has 0 saturated carbocycles. The van der Waals surface area contributed by atoms with Crippen LogP contribution in [0.2, 0.25) is 15.1 Å². The fraction of sp³-hybridized carbons (Fsp3) is 0.133. The SMILES string of the molecule is O=C(COc1ccc(C(F)(F)F)cc1)Nc1c(Cl)cc(Cl)cc1Cl. The van der Waals surface area contributed by atoms with Crippen LogP contribution in [0, 0.1) is 0 Å². The Balaban J connectivity index is 1.97. The summed E-state index contributed by atoms with van der Waals surface area (Å²) in [7, 11) is 0. The number of amides is 1. The Hall–Kier alpha value is -1.63. The highest BCUT2D eigenvalue weighted by Gasteiger charge is 2.30. The molecule has 0 aliphatic carbocycles. The largest absolute Gasteiger partial charge is 0.484 e. The average Bonchev–Trinajstić information content (AvgIpc) is 2.48. The Morgan fingerprint density at radius 1 is 1.04 bits per heavy atom. The molecule has 2 rings (SSSR count). The van der Waals surface area contributed by atoms with E-state index in [4.69, 9.17) is 39.5 Å². The second-order valence-electron chi connectivity index (χ2n) is 4.60. The van der Waals surface area contributed by atoms with Crippen molar-refractivity contribution >= 4 is 46.4 Å². The molecule has 0 heterocycles. The van der Waals surface area contributed by atoms with Gasteiger partial charge in [-0.15, -0.1) is 0 Å². The molecule has 0 unspecified atom stereocenters. The van der Waals surface area contributed by atoms with Crippen LogP contribution in [0.1, 0.15) is 5.56 Å². The molecule has 0 radical (unpaired) electrons. The molecule has 2 aromatic rings. The fourth-order valence-corrected chi connectivity index (χ4v) is 2.64. The van der Waals surface area contributed by atoms with Gasteiger partial charge < -0.3 is 10.1 Å². The number of rotatable bonds is 4. The van der Waals surface area contributed by atoms with E-state index < -0.39 is 24.3 Å². The van der Waals surface area contributed by atoms with E-state index in [1.165, 1.54) is 12.1 Å². The smallest absolute Gasteiger partial charge is 0.416 e. The summed E-state index contributed by atoms with van der Waals surface area (Å²) in [6.45, 7) is -0.430. The summed E-state index contributed by atoms with van der Waals surface area (Å²) in [5.41, 5.74) is -0.636. The molecule has 0 atom stereocenters. The van der Waals surface area contributed by atoms with Crippen LogP contribution in [0.25, 0.3) is 0 Å². The molecule has 0 saturated heterocycles. The molecule has 0 bridgehead atoms. The summed E-state index contributed by atoms with van der Waals surface area (Å²) in [4.78, 5) is 11.8. The minimum Gasteiger partial charge on any atom is -0.484 e.